The van der Waals surface area contributed by atoms with Crippen molar-refractivity contribution in [3.8, 4) is 17.2 Å². The lowest BCUT2D eigenvalue weighted by atomic mass is 10.1. The van der Waals surface area contributed by atoms with E-state index in [-0.39, 0.29) is 34.4 Å². The number of nitrogens with zero attached hydrogens (tertiary/aromatic N) is 1. The summed E-state index contributed by atoms with van der Waals surface area (Å²) in [6.45, 7) is -6.14. The maximum Gasteiger partial charge on any atom is 0.387 e. The minimum absolute atomic E-state index is 0.0565. The molecule has 0 unspecified atom stereocenters. The number of esters is 1. The first-order valence-corrected chi connectivity index (χ1v) is 8.07. The standard InChI is InChI=1S/C19H13F4NO5/c1-26-14-7-6-10(9-15(14)28-19(22)23)8-12-17(25)29-16(24-12)11-4-2-3-5-13(11)27-18(20)21/h2-9,18-19H,1H3/b12-8-. The average molecular weight is 411 g/mol. The van der Waals surface area contributed by atoms with Gasteiger partial charge in [-0.15, -0.1) is 0 Å². The minimum atomic E-state index is -3.07. The highest BCUT2D eigenvalue weighted by atomic mass is 19.3. The summed E-state index contributed by atoms with van der Waals surface area (Å²) in [4.78, 5) is 16.1. The molecule has 152 valence electrons. The zero-order valence-corrected chi connectivity index (χ0v) is 14.8. The van der Waals surface area contributed by atoms with Gasteiger partial charge in [0.15, 0.2) is 17.2 Å². The van der Waals surface area contributed by atoms with Crippen molar-refractivity contribution in [3.05, 3.63) is 59.3 Å². The van der Waals surface area contributed by atoms with Gasteiger partial charge in [0, 0.05) is 0 Å². The molecular weight excluding hydrogens is 398 g/mol. The van der Waals surface area contributed by atoms with Crippen LogP contribution in [0.2, 0.25) is 0 Å². The zero-order chi connectivity index (χ0) is 21.0. The molecule has 0 bridgehead atoms. The molecule has 29 heavy (non-hydrogen) atoms. The van der Waals surface area contributed by atoms with Crippen molar-refractivity contribution in [1.29, 1.82) is 0 Å². The average Bonchev–Trinajstić information content (AvgIpc) is 3.02. The third-order valence-electron chi connectivity index (χ3n) is 3.66. The van der Waals surface area contributed by atoms with Gasteiger partial charge in [-0.05, 0) is 35.9 Å². The Hall–Kier alpha value is -3.56. The van der Waals surface area contributed by atoms with Gasteiger partial charge in [-0.1, -0.05) is 18.2 Å². The summed E-state index contributed by atoms with van der Waals surface area (Å²) in [6, 6.07) is 9.76. The largest absolute Gasteiger partial charge is 0.493 e. The molecule has 0 aromatic heterocycles. The third kappa shape index (κ3) is 4.84. The number of hydrogen-bond acceptors (Lipinski definition) is 6. The van der Waals surface area contributed by atoms with E-state index in [0.29, 0.717) is 5.56 Å². The van der Waals surface area contributed by atoms with E-state index >= 15 is 0 Å². The van der Waals surface area contributed by atoms with E-state index in [9.17, 15) is 22.4 Å². The zero-order valence-electron chi connectivity index (χ0n) is 14.8. The van der Waals surface area contributed by atoms with Crippen LogP contribution in [0.4, 0.5) is 17.6 Å². The van der Waals surface area contributed by atoms with Gasteiger partial charge in [0.25, 0.3) is 0 Å². The molecule has 2 aromatic carbocycles. The highest BCUT2D eigenvalue weighted by Crippen LogP contribution is 2.31. The normalized spacial score (nSPS) is 14.9. The molecule has 0 fully saturated rings. The first-order valence-electron chi connectivity index (χ1n) is 8.07. The molecule has 2 aromatic rings. The number of hydrogen-bond donors (Lipinski definition) is 0. The Bertz CT molecular complexity index is 975. The van der Waals surface area contributed by atoms with Gasteiger partial charge in [-0.3, -0.25) is 0 Å². The van der Waals surface area contributed by atoms with Crippen LogP contribution in [0.1, 0.15) is 11.1 Å². The number of carbonyl (C=O) groups excluding carboxylic acids is 1. The summed E-state index contributed by atoms with van der Waals surface area (Å²) in [7, 11) is 1.29. The molecule has 10 heteroatoms. The van der Waals surface area contributed by atoms with Gasteiger partial charge < -0.3 is 18.9 Å². The molecular formula is C19H13F4NO5. The van der Waals surface area contributed by atoms with Gasteiger partial charge in [0.05, 0.1) is 12.7 Å². The fraction of sp³-hybridized carbons (Fsp3) is 0.158. The Labute approximate surface area is 162 Å². The predicted octanol–water partition coefficient (Wildman–Crippen LogP) is 4.24. The number of alkyl halides is 4. The van der Waals surface area contributed by atoms with Crippen LogP contribution in [-0.2, 0) is 9.53 Å². The quantitative estimate of drug-likeness (QED) is 0.387. The summed E-state index contributed by atoms with van der Waals surface area (Å²) in [5, 5.41) is 0. The second-order valence-corrected chi connectivity index (χ2v) is 5.50. The van der Waals surface area contributed by atoms with Gasteiger partial charge in [-0.25, -0.2) is 9.79 Å². The number of cyclic esters (lactones) is 1. The Kier molecular flexibility index (Phi) is 6.01. The molecule has 0 spiro atoms. The van der Waals surface area contributed by atoms with E-state index in [1.54, 1.807) is 0 Å². The Morgan fingerprint density at radius 3 is 2.34 bits per heavy atom. The van der Waals surface area contributed by atoms with Crippen molar-refractivity contribution in [1.82, 2.24) is 0 Å². The Morgan fingerprint density at radius 1 is 0.966 bits per heavy atom. The molecule has 0 N–H and O–H groups in total. The number of rotatable bonds is 7. The van der Waals surface area contributed by atoms with Gasteiger partial charge >= 0.3 is 19.2 Å². The topological polar surface area (TPSA) is 66.3 Å². The molecule has 0 saturated carbocycles. The summed E-state index contributed by atoms with van der Waals surface area (Å²) in [5.41, 5.74) is 0.191. The second-order valence-electron chi connectivity index (χ2n) is 5.50. The SMILES string of the molecule is COc1ccc(/C=C2\N=C(c3ccccc3OC(F)F)OC2=O)cc1OC(F)F. The highest BCUT2D eigenvalue weighted by molar-refractivity contribution is 6.13. The minimum Gasteiger partial charge on any atom is -0.493 e. The summed E-state index contributed by atoms with van der Waals surface area (Å²) in [6.07, 6.45) is 1.27. The van der Waals surface area contributed by atoms with Gasteiger partial charge in [-0.2, -0.15) is 17.6 Å². The fourth-order valence-electron chi connectivity index (χ4n) is 2.50. The molecule has 0 radical (unpaired) electrons. The number of methoxy groups -OCH3 is 1. The van der Waals surface area contributed by atoms with E-state index < -0.39 is 19.2 Å². The molecule has 0 atom stereocenters. The van der Waals surface area contributed by atoms with Crippen molar-refractivity contribution in [2.75, 3.05) is 7.11 Å². The Balaban J connectivity index is 1.94. The smallest absolute Gasteiger partial charge is 0.387 e. The molecule has 1 heterocycles. The van der Waals surface area contributed by atoms with E-state index in [2.05, 4.69) is 14.5 Å². The summed E-state index contributed by atoms with van der Waals surface area (Å²) >= 11 is 0. The monoisotopic (exact) mass is 411 g/mol. The fourth-order valence-corrected chi connectivity index (χ4v) is 2.50. The lowest BCUT2D eigenvalue weighted by Gasteiger charge is -2.10. The van der Waals surface area contributed by atoms with Crippen LogP contribution < -0.4 is 14.2 Å². The maximum atomic E-state index is 12.6. The molecule has 3 rings (SSSR count). The molecule has 1 aliphatic heterocycles. The molecule has 0 amide bonds. The van der Waals surface area contributed by atoms with Crippen molar-refractivity contribution in [3.63, 3.8) is 0 Å². The first-order chi connectivity index (χ1) is 13.9. The third-order valence-corrected chi connectivity index (χ3v) is 3.66. The number of ether oxygens (including phenoxy) is 4. The molecule has 6 nitrogen and oxygen atoms in total. The molecule has 0 saturated heterocycles. The highest BCUT2D eigenvalue weighted by Gasteiger charge is 2.27. The lowest BCUT2D eigenvalue weighted by molar-refractivity contribution is -0.129. The molecule has 0 aliphatic carbocycles. The summed E-state index contributed by atoms with van der Waals surface area (Å²) < 4.78 is 69.0. The number of para-hydroxylation sites is 1. The number of carbonyl (C=O) groups is 1. The number of benzene rings is 2. The summed E-state index contributed by atoms with van der Waals surface area (Å²) in [5.74, 6) is -1.45. The van der Waals surface area contributed by atoms with Crippen LogP contribution >= 0.6 is 0 Å². The molecule has 1 aliphatic rings. The van der Waals surface area contributed by atoms with E-state index in [0.717, 1.165) is 0 Å². The van der Waals surface area contributed by atoms with Crippen molar-refractivity contribution in [2.45, 2.75) is 13.2 Å². The van der Waals surface area contributed by atoms with Crippen molar-refractivity contribution < 1.29 is 41.3 Å². The van der Waals surface area contributed by atoms with Crippen LogP contribution in [0.3, 0.4) is 0 Å². The van der Waals surface area contributed by atoms with Crippen LogP contribution in [0.25, 0.3) is 6.08 Å². The first kappa shape index (κ1) is 20.2. The number of aliphatic imine (C=N–C) groups is 1. The predicted molar refractivity (Wildman–Crippen MR) is 93.3 cm³/mol. The van der Waals surface area contributed by atoms with E-state index in [1.807, 2.05) is 0 Å². The number of halogens is 4. The van der Waals surface area contributed by atoms with Crippen LogP contribution in [0, 0.1) is 0 Å². The van der Waals surface area contributed by atoms with Crippen LogP contribution in [-0.4, -0.2) is 32.2 Å². The maximum absolute atomic E-state index is 12.6. The Morgan fingerprint density at radius 2 is 1.66 bits per heavy atom. The lowest BCUT2D eigenvalue weighted by Crippen LogP contribution is -2.10. The van der Waals surface area contributed by atoms with E-state index in [1.165, 1.54) is 55.7 Å². The van der Waals surface area contributed by atoms with Crippen molar-refractivity contribution in [2.24, 2.45) is 4.99 Å². The van der Waals surface area contributed by atoms with Gasteiger partial charge in [0.2, 0.25) is 5.90 Å². The van der Waals surface area contributed by atoms with Crippen LogP contribution in [0.15, 0.2) is 53.2 Å². The van der Waals surface area contributed by atoms with E-state index in [4.69, 9.17) is 9.47 Å². The second kappa shape index (κ2) is 8.63. The van der Waals surface area contributed by atoms with Gasteiger partial charge in [0.1, 0.15) is 5.75 Å². The van der Waals surface area contributed by atoms with Crippen molar-refractivity contribution >= 4 is 17.9 Å². The van der Waals surface area contributed by atoms with Crippen LogP contribution in [0.5, 0.6) is 17.2 Å².